The van der Waals surface area contributed by atoms with Gasteiger partial charge in [-0.25, -0.2) is 4.98 Å². The van der Waals surface area contributed by atoms with Crippen molar-refractivity contribution in [3.63, 3.8) is 0 Å². The van der Waals surface area contributed by atoms with Crippen molar-refractivity contribution in [1.29, 1.82) is 0 Å². The Hall–Kier alpha value is -3.45. The topological polar surface area (TPSA) is 181 Å². The Morgan fingerprint density at radius 2 is 2.17 bits per heavy atom. The van der Waals surface area contributed by atoms with Crippen LogP contribution in [0.5, 0.6) is 5.75 Å². The van der Waals surface area contributed by atoms with Crippen LogP contribution in [0.25, 0.3) is 10.2 Å². The first-order chi connectivity index (χ1) is 13.7. The van der Waals surface area contributed by atoms with Gasteiger partial charge >= 0.3 is 0 Å². The Kier molecular flexibility index (Phi) is 5.52. The Morgan fingerprint density at radius 3 is 2.83 bits per heavy atom. The van der Waals surface area contributed by atoms with E-state index in [1.807, 2.05) is 0 Å². The second kappa shape index (κ2) is 7.89. The van der Waals surface area contributed by atoms with Gasteiger partial charge in [0.15, 0.2) is 5.16 Å². The molecule has 0 saturated heterocycles. The third-order valence-electron chi connectivity index (χ3n) is 3.81. The number of nitrogens with one attached hydrogen (secondary N) is 2. The fraction of sp³-hybridized carbons (Fsp3) is 0.125. The second-order valence-corrected chi connectivity index (χ2v) is 7.73. The largest absolute Gasteiger partial charge is 0.506 e. The Balaban J connectivity index is 1.76. The molecule has 2 heterocycles. The molecule has 13 heteroatoms. The number of carbonyl (C=O) groups is 2. The van der Waals surface area contributed by atoms with E-state index in [0.717, 1.165) is 41.3 Å². The minimum Gasteiger partial charge on any atom is -0.506 e. The number of aromatic amines is 1. The van der Waals surface area contributed by atoms with Gasteiger partial charge in [0, 0.05) is 12.1 Å². The number of rotatable bonds is 6. The highest BCUT2D eigenvalue weighted by Gasteiger charge is 2.18. The number of phenolic OH excluding ortho intramolecular Hbond substituents is 1. The number of nitro benzene ring substituents is 1. The van der Waals surface area contributed by atoms with Crippen molar-refractivity contribution in [2.75, 3.05) is 11.1 Å². The summed E-state index contributed by atoms with van der Waals surface area (Å²) < 4.78 is 0. The Labute approximate surface area is 170 Å². The van der Waals surface area contributed by atoms with Crippen molar-refractivity contribution >= 4 is 56.5 Å². The number of amides is 2. The maximum Gasteiger partial charge on any atom is 0.271 e. The predicted octanol–water partition coefficient (Wildman–Crippen LogP) is 1.74. The summed E-state index contributed by atoms with van der Waals surface area (Å²) in [5.74, 6) is -1.75. The summed E-state index contributed by atoms with van der Waals surface area (Å²) in [6, 6.07) is 3.24. The SMILES string of the molecule is Cc1c(C(N)=O)sc2nc(SCC(=O)Nc3cc([N+](=O)[O-])ccc3O)[nH]c(=O)c12. The number of thioether (sulfide) groups is 1. The summed E-state index contributed by atoms with van der Waals surface area (Å²) in [5, 5.41) is 23.3. The fourth-order valence-corrected chi connectivity index (χ4v) is 4.24. The zero-order valence-electron chi connectivity index (χ0n) is 14.7. The Morgan fingerprint density at radius 1 is 1.45 bits per heavy atom. The molecular formula is C16H13N5O6S2. The van der Waals surface area contributed by atoms with Crippen LogP contribution in [0.1, 0.15) is 15.2 Å². The number of anilines is 1. The lowest BCUT2D eigenvalue weighted by atomic mass is 10.2. The number of aromatic hydroxyl groups is 1. The average Bonchev–Trinajstić information content (AvgIpc) is 2.99. The van der Waals surface area contributed by atoms with Gasteiger partial charge in [-0.15, -0.1) is 11.3 Å². The number of non-ortho nitro benzene ring substituents is 1. The van der Waals surface area contributed by atoms with Gasteiger partial charge in [-0.1, -0.05) is 11.8 Å². The molecule has 0 aliphatic rings. The maximum absolute atomic E-state index is 12.3. The number of phenols is 1. The highest BCUT2D eigenvalue weighted by atomic mass is 32.2. The van der Waals surface area contributed by atoms with Crippen LogP contribution in [0, 0.1) is 17.0 Å². The molecule has 0 bridgehead atoms. The molecule has 29 heavy (non-hydrogen) atoms. The summed E-state index contributed by atoms with van der Waals surface area (Å²) in [4.78, 5) is 53.3. The molecule has 0 atom stereocenters. The Bertz CT molecular complexity index is 1220. The second-order valence-electron chi connectivity index (χ2n) is 5.77. The van der Waals surface area contributed by atoms with Crippen LogP contribution in [0.4, 0.5) is 11.4 Å². The van der Waals surface area contributed by atoms with Gasteiger partial charge in [-0.05, 0) is 18.6 Å². The molecule has 5 N–H and O–H groups in total. The summed E-state index contributed by atoms with van der Waals surface area (Å²) in [7, 11) is 0. The molecule has 0 saturated carbocycles. The normalized spacial score (nSPS) is 10.8. The summed E-state index contributed by atoms with van der Waals surface area (Å²) >= 11 is 1.90. The first kappa shape index (κ1) is 20.3. The molecule has 150 valence electrons. The van der Waals surface area contributed by atoms with Gasteiger partial charge in [0.05, 0.1) is 26.6 Å². The number of aryl methyl sites for hydroxylation is 1. The van der Waals surface area contributed by atoms with E-state index in [1.165, 1.54) is 0 Å². The quantitative estimate of drug-likeness (QED) is 0.148. The minimum atomic E-state index is -0.657. The van der Waals surface area contributed by atoms with E-state index in [9.17, 15) is 29.6 Å². The molecule has 0 aliphatic heterocycles. The van der Waals surface area contributed by atoms with Crippen molar-refractivity contribution in [2.45, 2.75) is 12.1 Å². The van der Waals surface area contributed by atoms with Gasteiger partial charge in [-0.3, -0.25) is 24.5 Å². The predicted molar refractivity (Wildman–Crippen MR) is 108 cm³/mol. The molecule has 0 fully saturated rings. The number of primary amides is 1. The average molecular weight is 435 g/mol. The third-order valence-corrected chi connectivity index (χ3v) is 5.88. The summed E-state index contributed by atoms with van der Waals surface area (Å²) in [5.41, 5.74) is 4.87. The van der Waals surface area contributed by atoms with E-state index in [4.69, 9.17) is 5.73 Å². The fourth-order valence-electron chi connectivity index (χ4n) is 2.49. The van der Waals surface area contributed by atoms with Crippen molar-refractivity contribution in [3.8, 4) is 5.75 Å². The number of aromatic nitrogens is 2. The summed E-state index contributed by atoms with van der Waals surface area (Å²) in [6.07, 6.45) is 0. The molecule has 3 rings (SSSR count). The molecule has 3 aromatic rings. The van der Waals surface area contributed by atoms with E-state index in [2.05, 4.69) is 15.3 Å². The number of H-pyrrole nitrogens is 1. The van der Waals surface area contributed by atoms with Crippen molar-refractivity contribution in [1.82, 2.24) is 9.97 Å². The van der Waals surface area contributed by atoms with Gasteiger partial charge in [0.25, 0.3) is 17.2 Å². The molecule has 11 nitrogen and oxygen atoms in total. The molecule has 0 unspecified atom stereocenters. The van der Waals surface area contributed by atoms with Crippen LogP contribution in [0.15, 0.2) is 28.2 Å². The van der Waals surface area contributed by atoms with Crippen molar-refractivity contribution in [2.24, 2.45) is 5.73 Å². The van der Waals surface area contributed by atoms with E-state index in [-0.39, 0.29) is 38.3 Å². The first-order valence-corrected chi connectivity index (χ1v) is 9.71. The van der Waals surface area contributed by atoms with Gasteiger partial charge in [-0.2, -0.15) is 0 Å². The number of nitrogens with zero attached hydrogens (tertiary/aromatic N) is 2. The lowest BCUT2D eigenvalue weighted by molar-refractivity contribution is -0.384. The zero-order chi connectivity index (χ0) is 21.3. The van der Waals surface area contributed by atoms with Gasteiger partial charge in [0.1, 0.15) is 10.6 Å². The van der Waals surface area contributed by atoms with Crippen LogP contribution in [0.2, 0.25) is 0 Å². The molecule has 0 spiro atoms. The monoisotopic (exact) mass is 435 g/mol. The molecule has 0 radical (unpaired) electrons. The standard InChI is InChI=1S/C16H13N5O6S2/c1-6-11-14(25)19-16(20-15(11)29-12(6)13(17)24)28-5-10(23)18-8-4-7(21(26)27)2-3-9(8)22/h2-4,22H,5H2,1H3,(H2,17,24)(H,18,23)(H,19,20,25). The van der Waals surface area contributed by atoms with Gasteiger partial charge < -0.3 is 21.1 Å². The lowest BCUT2D eigenvalue weighted by Crippen LogP contribution is -2.16. The highest BCUT2D eigenvalue weighted by Crippen LogP contribution is 2.29. The van der Waals surface area contributed by atoms with E-state index < -0.39 is 22.3 Å². The van der Waals surface area contributed by atoms with E-state index >= 15 is 0 Å². The molecule has 0 aliphatic carbocycles. The minimum absolute atomic E-state index is 0.110. The number of nitrogens with two attached hydrogens (primary N) is 1. The maximum atomic E-state index is 12.3. The number of nitro groups is 1. The molecule has 2 amide bonds. The number of benzene rings is 1. The number of carbonyl (C=O) groups excluding carboxylic acids is 2. The molecular weight excluding hydrogens is 422 g/mol. The van der Waals surface area contributed by atoms with Gasteiger partial charge in [0.2, 0.25) is 5.91 Å². The zero-order valence-corrected chi connectivity index (χ0v) is 16.3. The third kappa shape index (κ3) is 4.20. The smallest absolute Gasteiger partial charge is 0.271 e. The number of fused-ring (bicyclic) bond motifs is 1. The van der Waals surface area contributed by atoms with Crippen LogP contribution in [-0.4, -0.2) is 37.6 Å². The van der Waals surface area contributed by atoms with Crippen LogP contribution in [0.3, 0.4) is 0 Å². The van der Waals surface area contributed by atoms with Crippen molar-refractivity contribution in [3.05, 3.63) is 49.1 Å². The molecule has 1 aromatic carbocycles. The van der Waals surface area contributed by atoms with Crippen LogP contribution < -0.4 is 16.6 Å². The van der Waals surface area contributed by atoms with E-state index in [1.54, 1.807) is 6.92 Å². The highest BCUT2D eigenvalue weighted by molar-refractivity contribution is 7.99. The van der Waals surface area contributed by atoms with Crippen LogP contribution >= 0.6 is 23.1 Å². The van der Waals surface area contributed by atoms with Crippen molar-refractivity contribution < 1.29 is 19.6 Å². The number of hydrogen-bond donors (Lipinski definition) is 4. The summed E-state index contributed by atoms with van der Waals surface area (Å²) in [6.45, 7) is 1.60. The lowest BCUT2D eigenvalue weighted by Gasteiger charge is -2.07. The van der Waals surface area contributed by atoms with Crippen LogP contribution in [-0.2, 0) is 4.79 Å². The number of hydrogen-bond acceptors (Lipinski definition) is 9. The van der Waals surface area contributed by atoms with E-state index in [0.29, 0.717) is 10.4 Å². The number of thiophene rings is 1. The molecule has 2 aromatic heterocycles. The first-order valence-electron chi connectivity index (χ1n) is 7.90.